The Morgan fingerprint density at radius 1 is 1.53 bits per heavy atom. The molecule has 0 bridgehead atoms. The standard InChI is InChI=1S/C13H18N2O4/c1-8-12(13(17)18)10(7-14-8)15-11(16)6-9-4-2-3-5-19-9/h7,9,14H,2-6H2,1H3,(H,15,16)(H,17,18). The molecule has 1 amide bonds. The molecule has 1 aromatic rings. The highest BCUT2D eigenvalue weighted by atomic mass is 16.5. The van der Waals surface area contributed by atoms with E-state index >= 15 is 0 Å². The van der Waals surface area contributed by atoms with E-state index in [1.807, 2.05) is 0 Å². The molecule has 104 valence electrons. The van der Waals surface area contributed by atoms with Gasteiger partial charge in [-0.3, -0.25) is 4.79 Å². The van der Waals surface area contributed by atoms with Gasteiger partial charge in [0.25, 0.3) is 0 Å². The van der Waals surface area contributed by atoms with E-state index in [0.29, 0.717) is 18.0 Å². The molecule has 0 aromatic carbocycles. The van der Waals surface area contributed by atoms with Gasteiger partial charge in [0.05, 0.1) is 18.2 Å². The van der Waals surface area contributed by atoms with E-state index in [-0.39, 0.29) is 24.0 Å². The zero-order valence-electron chi connectivity index (χ0n) is 10.9. The van der Waals surface area contributed by atoms with Crippen molar-refractivity contribution in [3.05, 3.63) is 17.5 Å². The molecule has 1 aliphatic heterocycles. The summed E-state index contributed by atoms with van der Waals surface area (Å²) in [7, 11) is 0. The smallest absolute Gasteiger partial charge is 0.339 e. The quantitative estimate of drug-likeness (QED) is 0.776. The van der Waals surface area contributed by atoms with Gasteiger partial charge in [-0.15, -0.1) is 0 Å². The van der Waals surface area contributed by atoms with E-state index in [9.17, 15) is 9.59 Å². The number of carboxylic acid groups (broad SMARTS) is 1. The number of hydrogen-bond donors (Lipinski definition) is 3. The molecule has 0 radical (unpaired) electrons. The largest absolute Gasteiger partial charge is 0.478 e. The molecular formula is C13H18N2O4. The summed E-state index contributed by atoms with van der Waals surface area (Å²) in [5.74, 6) is -1.27. The Morgan fingerprint density at radius 3 is 2.95 bits per heavy atom. The van der Waals surface area contributed by atoms with Crippen LogP contribution in [0.25, 0.3) is 0 Å². The molecule has 2 rings (SSSR count). The molecule has 1 saturated heterocycles. The van der Waals surface area contributed by atoms with Gasteiger partial charge in [0.2, 0.25) is 5.91 Å². The van der Waals surface area contributed by atoms with Gasteiger partial charge in [-0.2, -0.15) is 0 Å². The molecule has 3 N–H and O–H groups in total. The number of aromatic carboxylic acids is 1. The van der Waals surface area contributed by atoms with Crippen LogP contribution in [0, 0.1) is 6.92 Å². The van der Waals surface area contributed by atoms with E-state index in [1.165, 1.54) is 6.20 Å². The molecule has 19 heavy (non-hydrogen) atoms. The summed E-state index contributed by atoms with van der Waals surface area (Å²) in [5.41, 5.74) is 0.945. The number of H-pyrrole nitrogens is 1. The second-order valence-electron chi connectivity index (χ2n) is 4.75. The molecule has 6 nitrogen and oxygen atoms in total. The normalized spacial score (nSPS) is 19.1. The fourth-order valence-corrected chi connectivity index (χ4v) is 2.28. The minimum Gasteiger partial charge on any atom is -0.478 e. The van der Waals surface area contributed by atoms with Crippen LogP contribution in [0.15, 0.2) is 6.20 Å². The van der Waals surface area contributed by atoms with Crippen LogP contribution in [0.4, 0.5) is 5.69 Å². The number of aryl methyl sites for hydroxylation is 1. The zero-order valence-corrected chi connectivity index (χ0v) is 10.9. The lowest BCUT2D eigenvalue weighted by molar-refractivity contribution is -0.119. The Hall–Kier alpha value is -1.82. The first-order valence-electron chi connectivity index (χ1n) is 6.40. The predicted molar refractivity (Wildman–Crippen MR) is 69.3 cm³/mol. The minimum absolute atomic E-state index is 0.0536. The first-order chi connectivity index (χ1) is 9.08. The number of nitrogens with one attached hydrogen (secondary N) is 2. The summed E-state index contributed by atoms with van der Waals surface area (Å²) < 4.78 is 5.48. The monoisotopic (exact) mass is 266 g/mol. The average Bonchev–Trinajstić information content (AvgIpc) is 2.71. The van der Waals surface area contributed by atoms with E-state index in [1.54, 1.807) is 6.92 Å². The number of carboxylic acids is 1. The Kier molecular flexibility index (Phi) is 4.21. The number of carbonyl (C=O) groups excluding carboxylic acids is 1. The van der Waals surface area contributed by atoms with Crippen molar-refractivity contribution in [3.63, 3.8) is 0 Å². The average molecular weight is 266 g/mol. The van der Waals surface area contributed by atoms with Gasteiger partial charge in [-0.05, 0) is 26.2 Å². The number of anilines is 1. The highest BCUT2D eigenvalue weighted by Gasteiger charge is 2.20. The predicted octanol–water partition coefficient (Wildman–Crippen LogP) is 1.92. The Morgan fingerprint density at radius 2 is 2.32 bits per heavy atom. The molecule has 0 aliphatic carbocycles. The van der Waals surface area contributed by atoms with Gasteiger partial charge < -0.3 is 20.1 Å². The number of ether oxygens (including phenoxy) is 1. The van der Waals surface area contributed by atoms with Crippen molar-refractivity contribution in [1.29, 1.82) is 0 Å². The second-order valence-corrected chi connectivity index (χ2v) is 4.75. The molecule has 1 unspecified atom stereocenters. The van der Waals surface area contributed by atoms with Crippen molar-refractivity contribution in [1.82, 2.24) is 4.98 Å². The molecule has 1 aromatic heterocycles. The number of aromatic amines is 1. The van der Waals surface area contributed by atoms with Gasteiger partial charge in [0.1, 0.15) is 5.56 Å². The van der Waals surface area contributed by atoms with Crippen LogP contribution in [0.3, 0.4) is 0 Å². The number of rotatable bonds is 4. The van der Waals surface area contributed by atoms with E-state index in [4.69, 9.17) is 9.84 Å². The third-order valence-electron chi connectivity index (χ3n) is 3.25. The molecule has 0 spiro atoms. The maximum atomic E-state index is 11.9. The molecule has 1 fully saturated rings. The van der Waals surface area contributed by atoms with Crippen molar-refractivity contribution in [3.8, 4) is 0 Å². The Labute approximate surface area is 111 Å². The van der Waals surface area contributed by atoms with Gasteiger partial charge in [-0.1, -0.05) is 0 Å². The summed E-state index contributed by atoms with van der Waals surface area (Å²) in [6.45, 7) is 2.35. The summed E-state index contributed by atoms with van der Waals surface area (Å²) in [5, 5.41) is 11.7. The van der Waals surface area contributed by atoms with Crippen LogP contribution in [0.5, 0.6) is 0 Å². The fraction of sp³-hybridized carbons (Fsp3) is 0.538. The molecule has 0 saturated carbocycles. The number of aromatic nitrogens is 1. The summed E-state index contributed by atoms with van der Waals surface area (Å²) in [6, 6.07) is 0. The van der Waals surface area contributed by atoms with Crippen LogP contribution in [0.2, 0.25) is 0 Å². The van der Waals surface area contributed by atoms with Crippen LogP contribution < -0.4 is 5.32 Å². The highest BCUT2D eigenvalue weighted by Crippen LogP contribution is 2.21. The van der Waals surface area contributed by atoms with Crippen LogP contribution in [-0.2, 0) is 9.53 Å². The van der Waals surface area contributed by atoms with Crippen molar-refractivity contribution >= 4 is 17.6 Å². The first kappa shape index (κ1) is 13.6. The zero-order chi connectivity index (χ0) is 13.8. The third kappa shape index (κ3) is 3.35. The third-order valence-corrected chi connectivity index (χ3v) is 3.25. The maximum absolute atomic E-state index is 11.9. The van der Waals surface area contributed by atoms with Crippen LogP contribution >= 0.6 is 0 Å². The second kappa shape index (κ2) is 5.88. The SMILES string of the molecule is Cc1[nH]cc(NC(=O)CC2CCCCO2)c1C(=O)O. The van der Waals surface area contributed by atoms with Gasteiger partial charge in [-0.25, -0.2) is 4.79 Å². The van der Waals surface area contributed by atoms with Crippen LogP contribution in [0.1, 0.15) is 41.7 Å². The Bertz CT molecular complexity index is 475. The van der Waals surface area contributed by atoms with E-state index in [0.717, 1.165) is 19.3 Å². The first-order valence-corrected chi connectivity index (χ1v) is 6.40. The lowest BCUT2D eigenvalue weighted by Crippen LogP contribution is -2.25. The fourth-order valence-electron chi connectivity index (χ4n) is 2.28. The lowest BCUT2D eigenvalue weighted by atomic mass is 10.1. The van der Waals surface area contributed by atoms with Crippen molar-refractivity contribution in [2.75, 3.05) is 11.9 Å². The topological polar surface area (TPSA) is 91.4 Å². The highest BCUT2D eigenvalue weighted by molar-refractivity contribution is 6.01. The number of amides is 1. The maximum Gasteiger partial charge on any atom is 0.339 e. The number of hydrogen-bond acceptors (Lipinski definition) is 3. The summed E-state index contributed by atoms with van der Waals surface area (Å²) >= 11 is 0. The van der Waals surface area contributed by atoms with E-state index in [2.05, 4.69) is 10.3 Å². The molecule has 2 heterocycles. The van der Waals surface area contributed by atoms with Gasteiger partial charge in [0, 0.05) is 18.5 Å². The van der Waals surface area contributed by atoms with Crippen molar-refractivity contribution in [2.45, 2.75) is 38.7 Å². The van der Waals surface area contributed by atoms with Gasteiger partial charge in [0.15, 0.2) is 0 Å². The number of carbonyl (C=O) groups is 2. The molecule has 1 atom stereocenters. The van der Waals surface area contributed by atoms with Crippen LogP contribution in [-0.4, -0.2) is 34.7 Å². The van der Waals surface area contributed by atoms with Gasteiger partial charge >= 0.3 is 5.97 Å². The molecular weight excluding hydrogens is 248 g/mol. The molecule has 6 heteroatoms. The summed E-state index contributed by atoms with van der Waals surface area (Å²) in [4.78, 5) is 25.7. The van der Waals surface area contributed by atoms with Crippen molar-refractivity contribution in [2.24, 2.45) is 0 Å². The molecule has 1 aliphatic rings. The minimum atomic E-state index is -1.05. The van der Waals surface area contributed by atoms with Crippen molar-refractivity contribution < 1.29 is 19.4 Å². The Balaban J connectivity index is 1.96. The summed E-state index contributed by atoms with van der Waals surface area (Å²) in [6.07, 6.45) is 4.70. The lowest BCUT2D eigenvalue weighted by Gasteiger charge is -2.21. The van der Waals surface area contributed by atoms with E-state index < -0.39 is 5.97 Å².